The van der Waals surface area contributed by atoms with E-state index < -0.39 is 0 Å². The standard InChI is InChI=1S/2C9H13IN2.C8H11IN2/c1-12-8-6-4-2-3-5-7(8)9(10)11-12;1-12-9(10)7-5-3-2-4-6-8(7)11-12;9-8-6-4-2-1-3-5-7(6)10-11-8/h2*2-6H2,1H3;1-5H2,(H,10,11). The van der Waals surface area contributed by atoms with E-state index in [2.05, 4.69) is 99.9 Å². The summed E-state index contributed by atoms with van der Waals surface area (Å²) in [6.45, 7) is 0. The van der Waals surface area contributed by atoms with Gasteiger partial charge in [-0.3, -0.25) is 14.5 Å². The Labute approximate surface area is 250 Å². The molecule has 0 saturated carbocycles. The van der Waals surface area contributed by atoms with E-state index in [0.29, 0.717) is 0 Å². The van der Waals surface area contributed by atoms with E-state index in [9.17, 15) is 0 Å². The molecular weight excluding hydrogens is 777 g/mol. The zero-order valence-electron chi connectivity index (χ0n) is 21.0. The average Bonchev–Trinajstić information content (AvgIpc) is 3.20. The van der Waals surface area contributed by atoms with Crippen LogP contribution in [0.1, 0.15) is 91.6 Å². The molecule has 3 heterocycles. The highest BCUT2D eigenvalue weighted by Gasteiger charge is 2.17. The molecule has 6 nitrogen and oxygen atoms in total. The zero-order chi connectivity index (χ0) is 24.8. The molecule has 6 rings (SSSR count). The highest BCUT2D eigenvalue weighted by Crippen LogP contribution is 2.25. The quantitative estimate of drug-likeness (QED) is 0.199. The molecule has 0 bridgehead atoms. The lowest BCUT2D eigenvalue weighted by Crippen LogP contribution is -1.98. The lowest BCUT2D eigenvalue weighted by molar-refractivity contribution is 0.658. The first-order chi connectivity index (χ1) is 17.0. The van der Waals surface area contributed by atoms with Gasteiger partial charge >= 0.3 is 0 Å². The first kappa shape index (κ1) is 27.8. The highest BCUT2D eigenvalue weighted by molar-refractivity contribution is 14.1. The molecule has 0 atom stereocenters. The van der Waals surface area contributed by atoms with Gasteiger partial charge in [-0.2, -0.15) is 15.3 Å². The molecule has 3 aliphatic rings. The van der Waals surface area contributed by atoms with Gasteiger partial charge in [0.25, 0.3) is 0 Å². The summed E-state index contributed by atoms with van der Waals surface area (Å²) in [5, 5.41) is 16.3. The fraction of sp³-hybridized carbons (Fsp3) is 0.654. The van der Waals surface area contributed by atoms with Crippen molar-refractivity contribution in [1.82, 2.24) is 29.8 Å². The maximum Gasteiger partial charge on any atom is 0.126 e. The molecule has 3 aromatic rings. The minimum absolute atomic E-state index is 1.18. The van der Waals surface area contributed by atoms with Gasteiger partial charge in [0.05, 0.1) is 5.69 Å². The Balaban J connectivity index is 0.000000124. The van der Waals surface area contributed by atoms with Crippen molar-refractivity contribution in [1.29, 1.82) is 0 Å². The second kappa shape index (κ2) is 13.6. The monoisotopic (exact) mass is 814 g/mol. The van der Waals surface area contributed by atoms with Crippen molar-refractivity contribution in [3.8, 4) is 0 Å². The van der Waals surface area contributed by atoms with Crippen LogP contribution in [-0.2, 0) is 52.6 Å². The number of aromatic amines is 1. The molecule has 0 unspecified atom stereocenters. The molecular formula is C26H37I3N6. The van der Waals surface area contributed by atoms with Gasteiger partial charge in [0.15, 0.2) is 0 Å². The van der Waals surface area contributed by atoms with E-state index in [4.69, 9.17) is 0 Å². The van der Waals surface area contributed by atoms with Crippen LogP contribution in [0, 0.1) is 11.1 Å². The van der Waals surface area contributed by atoms with Crippen LogP contribution < -0.4 is 0 Å². The van der Waals surface area contributed by atoms with Gasteiger partial charge in [-0.05, 0) is 145 Å². The van der Waals surface area contributed by atoms with Crippen LogP contribution in [0.15, 0.2) is 0 Å². The number of nitrogens with one attached hydrogen (secondary N) is 1. The number of H-pyrrole nitrogens is 1. The van der Waals surface area contributed by atoms with E-state index in [1.54, 1.807) is 0 Å². The van der Waals surface area contributed by atoms with Crippen LogP contribution in [0.2, 0.25) is 0 Å². The highest BCUT2D eigenvalue weighted by atomic mass is 127. The van der Waals surface area contributed by atoms with E-state index in [1.807, 2.05) is 11.7 Å². The van der Waals surface area contributed by atoms with E-state index >= 15 is 0 Å². The molecule has 0 fully saturated rings. The molecule has 9 heteroatoms. The van der Waals surface area contributed by atoms with Crippen molar-refractivity contribution in [2.75, 3.05) is 0 Å². The van der Waals surface area contributed by atoms with Crippen molar-refractivity contribution in [3.05, 3.63) is 44.9 Å². The lowest BCUT2D eigenvalue weighted by atomic mass is 10.1. The summed E-state index contributed by atoms with van der Waals surface area (Å²) in [7, 11) is 4.10. The SMILES string of the molecule is Cn1nc(I)c2c1CCCCC2.Cn1nc2c(c1I)CCCCC2.Ic1n[nH]c2c1CCCCC2. The minimum atomic E-state index is 1.18. The van der Waals surface area contributed by atoms with Crippen molar-refractivity contribution in [2.45, 2.75) is 96.3 Å². The molecule has 3 aliphatic carbocycles. The summed E-state index contributed by atoms with van der Waals surface area (Å²) in [5.41, 5.74) is 8.69. The second-order valence-corrected chi connectivity index (χ2v) is 12.9. The molecule has 0 radical (unpaired) electrons. The molecule has 0 aromatic carbocycles. The van der Waals surface area contributed by atoms with Crippen molar-refractivity contribution in [2.24, 2.45) is 14.1 Å². The number of hydrogen-bond acceptors (Lipinski definition) is 3. The summed E-state index contributed by atoms with van der Waals surface area (Å²) < 4.78 is 7.80. The number of fused-ring (bicyclic) bond motifs is 3. The largest absolute Gasteiger partial charge is 0.281 e. The Hall–Kier alpha value is -0.180. The number of rotatable bonds is 0. The fourth-order valence-corrected chi connectivity index (χ4v) is 7.64. The van der Waals surface area contributed by atoms with E-state index in [1.165, 1.54) is 141 Å². The van der Waals surface area contributed by atoms with E-state index in [0.717, 1.165) is 0 Å². The Kier molecular flexibility index (Phi) is 10.8. The smallest absolute Gasteiger partial charge is 0.126 e. The molecule has 3 aromatic heterocycles. The van der Waals surface area contributed by atoms with Gasteiger partial charge in [-0.15, -0.1) is 0 Å². The summed E-state index contributed by atoms with van der Waals surface area (Å²) in [6, 6.07) is 0. The maximum atomic E-state index is 4.52. The fourth-order valence-electron chi connectivity index (χ4n) is 5.33. The molecule has 0 spiro atoms. The normalized spacial score (nSPS) is 17.3. The molecule has 192 valence electrons. The number of aryl methyl sites for hydroxylation is 4. The van der Waals surface area contributed by atoms with Crippen LogP contribution in [0.3, 0.4) is 0 Å². The second-order valence-electron chi connectivity index (χ2n) is 9.83. The zero-order valence-corrected chi connectivity index (χ0v) is 27.4. The van der Waals surface area contributed by atoms with Crippen molar-refractivity contribution in [3.63, 3.8) is 0 Å². The summed E-state index contributed by atoms with van der Waals surface area (Å²) in [5.74, 6) is 0. The van der Waals surface area contributed by atoms with Crippen molar-refractivity contribution < 1.29 is 0 Å². The van der Waals surface area contributed by atoms with Gasteiger partial charge in [-0.1, -0.05) is 19.3 Å². The Bertz CT molecular complexity index is 1080. The molecule has 35 heavy (non-hydrogen) atoms. The van der Waals surface area contributed by atoms with E-state index in [-0.39, 0.29) is 0 Å². The third kappa shape index (κ3) is 7.23. The number of hydrogen-bond donors (Lipinski definition) is 1. The van der Waals surface area contributed by atoms with Crippen LogP contribution in [-0.4, -0.2) is 29.8 Å². The van der Waals surface area contributed by atoms with Gasteiger partial charge < -0.3 is 0 Å². The van der Waals surface area contributed by atoms with Crippen LogP contribution in [0.25, 0.3) is 0 Å². The van der Waals surface area contributed by atoms with Gasteiger partial charge in [0.1, 0.15) is 11.1 Å². The molecule has 0 saturated heterocycles. The first-order valence-corrected chi connectivity index (χ1v) is 16.3. The predicted octanol–water partition coefficient (Wildman–Crippen LogP) is 6.87. The molecule has 0 aliphatic heterocycles. The number of halogens is 3. The van der Waals surface area contributed by atoms with Crippen molar-refractivity contribution >= 4 is 67.8 Å². The third-order valence-corrected chi connectivity index (χ3v) is 10.4. The number of aromatic nitrogens is 6. The maximum absolute atomic E-state index is 4.52. The molecule has 1 N–H and O–H groups in total. The first-order valence-electron chi connectivity index (χ1n) is 13.1. The average molecular weight is 814 g/mol. The Morgan fingerprint density at radius 3 is 1.94 bits per heavy atom. The van der Waals surface area contributed by atoms with Gasteiger partial charge in [0, 0.05) is 42.2 Å². The third-order valence-electron chi connectivity index (χ3n) is 7.31. The van der Waals surface area contributed by atoms with Crippen LogP contribution >= 0.6 is 67.8 Å². The summed E-state index contributed by atoms with van der Waals surface area (Å²) in [4.78, 5) is 0. The topological polar surface area (TPSA) is 64.3 Å². The number of nitrogens with zero attached hydrogens (tertiary/aromatic N) is 5. The van der Waals surface area contributed by atoms with Gasteiger partial charge in [-0.25, -0.2) is 0 Å². The Morgan fingerprint density at radius 1 is 0.600 bits per heavy atom. The predicted molar refractivity (Wildman–Crippen MR) is 167 cm³/mol. The molecule has 0 amide bonds. The van der Waals surface area contributed by atoms with Crippen LogP contribution in [0.4, 0.5) is 0 Å². The summed E-state index contributed by atoms with van der Waals surface area (Å²) >= 11 is 7.06. The Morgan fingerprint density at radius 2 is 1.20 bits per heavy atom. The minimum Gasteiger partial charge on any atom is -0.281 e. The summed E-state index contributed by atoms with van der Waals surface area (Å²) in [6.07, 6.45) is 19.4. The van der Waals surface area contributed by atoms with Gasteiger partial charge in [0.2, 0.25) is 0 Å². The van der Waals surface area contributed by atoms with Crippen LogP contribution in [0.5, 0.6) is 0 Å². The lowest BCUT2D eigenvalue weighted by Gasteiger charge is -1.99.